The fourth-order valence-corrected chi connectivity index (χ4v) is 2.41. The maximum atomic E-state index is 13.4. The highest BCUT2D eigenvalue weighted by Crippen LogP contribution is 2.32. The number of halogens is 1. The van der Waals surface area contributed by atoms with Crippen LogP contribution in [0.15, 0.2) is 29.2 Å². The molecule has 0 saturated carbocycles. The van der Waals surface area contributed by atoms with E-state index in [-0.39, 0.29) is 28.8 Å². The maximum Gasteiger partial charge on any atom is 0.293 e. The van der Waals surface area contributed by atoms with Gasteiger partial charge in [0.05, 0.1) is 4.91 Å². The second-order valence-electron chi connectivity index (χ2n) is 3.64. The Morgan fingerprint density at radius 2 is 2.06 bits per heavy atom. The third kappa shape index (κ3) is 2.44. The summed E-state index contributed by atoms with van der Waals surface area (Å²) in [4.78, 5) is 24.7. The van der Waals surface area contributed by atoms with E-state index >= 15 is 0 Å². The topological polar surface area (TPSA) is 63.4 Å². The molecule has 0 unspecified atom stereocenters. The van der Waals surface area contributed by atoms with Gasteiger partial charge in [-0.05, 0) is 23.9 Å². The van der Waals surface area contributed by atoms with Crippen molar-refractivity contribution >= 4 is 29.0 Å². The van der Waals surface area contributed by atoms with Gasteiger partial charge >= 0.3 is 0 Å². The molecule has 2 rings (SSSR count). The zero-order valence-electron chi connectivity index (χ0n) is 9.43. The number of amides is 2. The van der Waals surface area contributed by atoms with E-state index in [9.17, 15) is 14.0 Å². The van der Waals surface area contributed by atoms with Crippen molar-refractivity contribution in [2.24, 2.45) is 5.73 Å². The van der Waals surface area contributed by atoms with Crippen molar-refractivity contribution in [2.45, 2.75) is 0 Å². The average molecular weight is 266 g/mol. The molecule has 0 atom stereocenters. The molecule has 1 aromatic carbocycles. The van der Waals surface area contributed by atoms with E-state index in [0.717, 1.165) is 16.7 Å². The lowest BCUT2D eigenvalue weighted by Crippen LogP contribution is -2.33. The largest absolute Gasteiger partial charge is 0.329 e. The molecular weight excluding hydrogens is 255 g/mol. The third-order valence-electron chi connectivity index (χ3n) is 2.42. The summed E-state index contributed by atoms with van der Waals surface area (Å²) in [6.45, 7) is 0.393. The van der Waals surface area contributed by atoms with Gasteiger partial charge in [-0.3, -0.25) is 14.5 Å². The fourth-order valence-electron chi connectivity index (χ4n) is 1.56. The van der Waals surface area contributed by atoms with Crippen LogP contribution in [0.25, 0.3) is 6.08 Å². The van der Waals surface area contributed by atoms with Crippen LogP contribution in [0.3, 0.4) is 0 Å². The number of hydrogen-bond acceptors (Lipinski definition) is 4. The second kappa shape index (κ2) is 5.32. The van der Waals surface area contributed by atoms with Crippen LogP contribution in [0.2, 0.25) is 0 Å². The number of imide groups is 1. The van der Waals surface area contributed by atoms with E-state index < -0.39 is 11.7 Å². The minimum absolute atomic E-state index is 0.180. The zero-order valence-corrected chi connectivity index (χ0v) is 10.2. The molecule has 18 heavy (non-hydrogen) atoms. The smallest absolute Gasteiger partial charge is 0.293 e. The molecule has 4 nitrogen and oxygen atoms in total. The third-order valence-corrected chi connectivity index (χ3v) is 3.33. The number of thioether (sulfide) groups is 1. The number of carbonyl (C=O) groups is 2. The van der Waals surface area contributed by atoms with Gasteiger partial charge in [0.15, 0.2) is 0 Å². The lowest BCUT2D eigenvalue weighted by Gasteiger charge is -2.09. The molecule has 2 amide bonds. The summed E-state index contributed by atoms with van der Waals surface area (Å²) in [6.07, 6.45) is 1.39. The Balaban J connectivity index is 2.28. The molecule has 1 fully saturated rings. The normalized spacial score (nSPS) is 17.9. The molecule has 0 bridgehead atoms. The summed E-state index contributed by atoms with van der Waals surface area (Å²) >= 11 is 0.802. The summed E-state index contributed by atoms with van der Waals surface area (Å²) in [5.74, 6) is -0.846. The SMILES string of the molecule is NCCN1C(=O)S/C(=C\c2ccccc2F)C1=O. The van der Waals surface area contributed by atoms with E-state index in [1.165, 1.54) is 12.1 Å². The lowest BCUT2D eigenvalue weighted by molar-refractivity contribution is -0.122. The first kappa shape index (κ1) is 12.8. The van der Waals surface area contributed by atoms with Crippen LogP contribution in [-0.4, -0.2) is 29.1 Å². The monoisotopic (exact) mass is 266 g/mol. The fraction of sp³-hybridized carbons (Fsp3) is 0.167. The summed E-state index contributed by atoms with van der Waals surface area (Å²) in [7, 11) is 0. The molecule has 0 radical (unpaired) electrons. The number of nitrogens with zero attached hydrogens (tertiary/aromatic N) is 1. The summed E-state index contributed by atoms with van der Waals surface area (Å²) in [5, 5.41) is -0.368. The Kier molecular flexibility index (Phi) is 3.78. The van der Waals surface area contributed by atoms with Gasteiger partial charge in [-0.15, -0.1) is 0 Å². The van der Waals surface area contributed by atoms with E-state index in [1.54, 1.807) is 18.2 Å². The highest BCUT2D eigenvalue weighted by atomic mass is 32.2. The molecule has 0 spiro atoms. The van der Waals surface area contributed by atoms with Crippen molar-refractivity contribution in [2.75, 3.05) is 13.1 Å². The van der Waals surface area contributed by atoms with Crippen LogP contribution in [0, 0.1) is 5.82 Å². The summed E-state index contributed by atoms with van der Waals surface area (Å²) in [5.41, 5.74) is 5.61. The predicted molar refractivity (Wildman–Crippen MR) is 68.1 cm³/mol. The first-order valence-corrected chi connectivity index (χ1v) is 6.15. The first-order valence-electron chi connectivity index (χ1n) is 5.33. The van der Waals surface area contributed by atoms with E-state index in [1.807, 2.05) is 0 Å². The molecule has 6 heteroatoms. The van der Waals surface area contributed by atoms with E-state index in [2.05, 4.69) is 0 Å². The molecule has 0 aliphatic carbocycles. The van der Waals surface area contributed by atoms with Crippen molar-refractivity contribution < 1.29 is 14.0 Å². The maximum absolute atomic E-state index is 13.4. The number of rotatable bonds is 3. The van der Waals surface area contributed by atoms with E-state index in [0.29, 0.717) is 0 Å². The lowest BCUT2D eigenvalue weighted by atomic mass is 10.2. The molecule has 2 N–H and O–H groups in total. The Hall–Kier alpha value is -1.66. The van der Waals surface area contributed by atoms with Crippen molar-refractivity contribution in [1.29, 1.82) is 0 Å². The number of nitrogens with two attached hydrogens (primary N) is 1. The zero-order chi connectivity index (χ0) is 13.1. The minimum atomic E-state index is -0.428. The molecule has 1 heterocycles. The minimum Gasteiger partial charge on any atom is -0.329 e. The van der Waals surface area contributed by atoms with Gasteiger partial charge in [0, 0.05) is 18.7 Å². The van der Waals surface area contributed by atoms with Gasteiger partial charge in [0.2, 0.25) is 0 Å². The quantitative estimate of drug-likeness (QED) is 0.848. The molecule has 94 valence electrons. The molecular formula is C12H11FN2O2S. The summed E-state index contributed by atoms with van der Waals surface area (Å²) < 4.78 is 13.4. The Bertz CT molecular complexity index is 531. The molecule has 1 aliphatic heterocycles. The number of carbonyl (C=O) groups excluding carboxylic acids is 2. The van der Waals surface area contributed by atoms with Crippen molar-refractivity contribution in [3.05, 3.63) is 40.6 Å². The van der Waals surface area contributed by atoms with Crippen LogP contribution in [0.1, 0.15) is 5.56 Å². The molecule has 0 aromatic heterocycles. The van der Waals surface area contributed by atoms with Crippen molar-refractivity contribution in [3.8, 4) is 0 Å². The van der Waals surface area contributed by atoms with Gasteiger partial charge in [0.25, 0.3) is 11.1 Å². The van der Waals surface area contributed by atoms with Crippen molar-refractivity contribution in [1.82, 2.24) is 4.90 Å². The first-order chi connectivity index (χ1) is 8.63. The van der Waals surface area contributed by atoms with Gasteiger partial charge in [-0.25, -0.2) is 4.39 Å². The highest BCUT2D eigenvalue weighted by Gasteiger charge is 2.34. The van der Waals surface area contributed by atoms with Crippen LogP contribution in [0.5, 0.6) is 0 Å². The molecule has 1 aromatic rings. The molecule has 1 aliphatic rings. The number of hydrogen-bond donors (Lipinski definition) is 1. The van der Waals surface area contributed by atoms with E-state index in [4.69, 9.17) is 5.73 Å². The van der Waals surface area contributed by atoms with Gasteiger partial charge in [0.1, 0.15) is 5.82 Å². The Morgan fingerprint density at radius 3 is 2.72 bits per heavy atom. The van der Waals surface area contributed by atoms with Gasteiger partial charge < -0.3 is 5.73 Å². The van der Waals surface area contributed by atoms with Gasteiger partial charge in [-0.1, -0.05) is 18.2 Å². The van der Waals surface area contributed by atoms with Crippen LogP contribution >= 0.6 is 11.8 Å². The van der Waals surface area contributed by atoms with Gasteiger partial charge in [-0.2, -0.15) is 0 Å². The van der Waals surface area contributed by atoms with Crippen molar-refractivity contribution in [3.63, 3.8) is 0 Å². The molecule has 1 saturated heterocycles. The predicted octanol–water partition coefficient (Wildman–Crippen LogP) is 1.82. The van der Waals surface area contributed by atoms with Crippen LogP contribution < -0.4 is 5.73 Å². The Labute approximate surface area is 108 Å². The standard InChI is InChI=1S/C12H11FN2O2S/c13-9-4-2-1-3-8(9)7-10-11(16)15(6-5-14)12(17)18-10/h1-4,7H,5-6,14H2/b10-7-. The van der Waals surface area contributed by atoms with Crippen LogP contribution in [-0.2, 0) is 4.79 Å². The summed E-state index contributed by atoms with van der Waals surface area (Å²) in [6, 6.07) is 6.08. The van der Waals surface area contributed by atoms with Crippen LogP contribution in [0.4, 0.5) is 9.18 Å². The average Bonchev–Trinajstić information content (AvgIpc) is 2.60. The second-order valence-corrected chi connectivity index (χ2v) is 4.64. The highest BCUT2D eigenvalue weighted by molar-refractivity contribution is 8.18. The number of benzene rings is 1. The Morgan fingerprint density at radius 1 is 1.33 bits per heavy atom.